The van der Waals surface area contributed by atoms with E-state index in [-0.39, 0.29) is 11.9 Å². The van der Waals surface area contributed by atoms with Gasteiger partial charge in [0.1, 0.15) is 17.8 Å². The molecule has 0 amide bonds. The second kappa shape index (κ2) is 9.25. The number of anilines is 1. The van der Waals surface area contributed by atoms with Crippen molar-refractivity contribution in [3.05, 3.63) is 16.2 Å². The van der Waals surface area contributed by atoms with Crippen molar-refractivity contribution >= 4 is 54.2 Å². The molecule has 0 bridgehead atoms. The summed E-state index contributed by atoms with van der Waals surface area (Å²) in [6.45, 7) is 0.751. The Balaban J connectivity index is 1.38. The minimum absolute atomic E-state index is 0.0137. The number of hydrogen-bond acceptors (Lipinski definition) is 10. The highest BCUT2D eigenvalue weighted by Gasteiger charge is 2.51. The molecule has 35 heavy (non-hydrogen) atoms. The van der Waals surface area contributed by atoms with Gasteiger partial charge in [0.15, 0.2) is 11.7 Å². The van der Waals surface area contributed by atoms with Crippen molar-refractivity contribution in [1.29, 1.82) is 0 Å². The smallest absolute Gasteiger partial charge is 0.340 e. The van der Waals surface area contributed by atoms with Crippen LogP contribution in [0, 0.1) is 11.8 Å². The number of hydrogen-bond donors (Lipinski definition) is 5. The molecule has 12 nitrogen and oxygen atoms in total. The van der Waals surface area contributed by atoms with E-state index in [0.29, 0.717) is 28.7 Å². The fourth-order valence-corrected chi connectivity index (χ4v) is 9.20. The molecule has 5 rings (SSSR count). The Bertz CT molecular complexity index is 1220. The molecule has 4 heterocycles. The zero-order chi connectivity index (χ0) is 25.2. The zero-order valence-electron chi connectivity index (χ0n) is 18.4. The first-order chi connectivity index (χ1) is 16.4. The van der Waals surface area contributed by atoms with Crippen LogP contribution in [0.4, 0.5) is 5.82 Å². The fraction of sp³-hybridized carbons (Fsp3) is 0.684. The topological polar surface area (TPSA) is 183 Å². The van der Waals surface area contributed by atoms with Crippen LogP contribution in [-0.2, 0) is 24.0 Å². The van der Waals surface area contributed by atoms with E-state index in [1.54, 1.807) is 5.38 Å². The van der Waals surface area contributed by atoms with Crippen LogP contribution in [0.3, 0.4) is 0 Å². The summed E-state index contributed by atoms with van der Waals surface area (Å²) in [5.41, 5.74) is -1.23. The Kier molecular flexibility index (Phi) is 6.86. The van der Waals surface area contributed by atoms with Gasteiger partial charge in [-0.2, -0.15) is 4.98 Å². The van der Waals surface area contributed by atoms with Crippen LogP contribution in [0.25, 0.3) is 10.2 Å². The van der Waals surface area contributed by atoms with E-state index in [0.717, 1.165) is 17.8 Å². The van der Waals surface area contributed by atoms with Crippen LogP contribution in [0.2, 0.25) is 5.28 Å². The van der Waals surface area contributed by atoms with E-state index >= 15 is 0 Å². The van der Waals surface area contributed by atoms with Crippen LogP contribution < -0.4 is 4.90 Å². The Morgan fingerprint density at radius 2 is 1.91 bits per heavy atom. The molecule has 0 aromatic carbocycles. The zero-order valence-corrected chi connectivity index (χ0v) is 21.8. The highest BCUT2D eigenvalue weighted by atomic mass is 35.5. The Labute approximate surface area is 209 Å². The lowest BCUT2D eigenvalue weighted by atomic mass is 9.89. The third-order valence-electron chi connectivity index (χ3n) is 7.02. The molecule has 3 fully saturated rings. The molecule has 3 aliphatic rings. The van der Waals surface area contributed by atoms with Gasteiger partial charge < -0.3 is 39.1 Å². The number of thiophene rings is 1. The second-order valence-electron chi connectivity index (χ2n) is 9.46. The summed E-state index contributed by atoms with van der Waals surface area (Å²) in [5, 5.41) is 23.9. The number of aromatic nitrogens is 2. The van der Waals surface area contributed by atoms with Crippen molar-refractivity contribution in [2.24, 2.45) is 11.8 Å². The maximum Gasteiger partial charge on any atom is 0.340 e. The molecule has 2 aromatic rings. The third kappa shape index (κ3) is 5.06. The highest BCUT2D eigenvalue weighted by molar-refractivity contribution is 7.70. The molecule has 0 radical (unpaired) electrons. The van der Waals surface area contributed by atoms with Crippen molar-refractivity contribution in [2.75, 3.05) is 37.1 Å². The summed E-state index contributed by atoms with van der Waals surface area (Å²) < 4.78 is 33.9. The lowest BCUT2D eigenvalue weighted by Gasteiger charge is -2.26. The van der Waals surface area contributed by atoms with Crippen molar-refractivity contribution < 1.29 is 43.3 Å². The van der Waals surface area contributed by atoms with Crippen molar-refractivity contribution in [1.82, 2.24) is 9.97 Å². The monoisotopic (exact) mass is 569 g/mol. The number of ether oxygens (including phenoxy) is 1. The minimum Gasteiger partial charge on any atom is -0.387 e. The summed E-state index contributed by atoms with van der Waals surface area (Å²) in [6.07, 6.45) is 0.842. The molecular formula is C19H26ClN3O9P2S. The maximum absolute atomic E-state index is 11.9. The van der Waals surface area contributed by atoms with Crippen LogP contribution in [0.1, 0.15) is 24.8 Å². The Morgan fingerprint density at radius 3 is 2.57 bits per heavy atom. The van der Waals surface area contributed by atoms with Gasteiger partial charge in [-0.3, -0.25) is 9.13 Å². The molecule has 16 heteroatoms. The quantitative estimate of drug-likeness (QED) is 0.241. The number of rotatable bonds is 7. The van der Waals surface area contributed by atoms with Gasteiger partial charge in [-0.15, -0.1) is 11.3 Å². The Morgan fingerprint density at radius 1 is 1.23 bits per heavy atom. The standard InChI is InChI=1S/C19H26ClN3O9P2S/c20-18-21-14-12(7-35-15(14)17(22-18)23-4-10-2-1-3-11(10)5-23)19(25)8-31-13(16(19)24)6-32-34(29,30)9-33(26,27)28/h7,10-11,13,16,24-25H,1-6,8-9H2,(H,29,30)(H2,26,27,28)/t10?,11?,13-,16-,19-/m1/s1. The molecule has 2 aliphatic heterocycles. The first-order valence-corrected chi connectivity index (χ1v) is 15.9. The predicted molar refractivity (Wildman–Crippen MR) is 128 cm³/mol. The lowest BCUT2D eigenvalue weighted by Crippen LogP contribution is -2.42. The number of halogens is 1. The summed E-state index contributed by atoms with van der Waals surface area (Å²) in [4.78, 5) is 38.5. The lowest BCUT2D eigenvalue weighted by molar-refractivity contribution is -0.0576. The fourth-order valence-electron chi connectivity index (χ4n) is 5.36. The molecule has 194 valence electrons. The van der Waals surface area contributed by atoms with E-state index in [2.05, 4.69) is 14.9 Å². The van der Waals surface area contributed by atoms with Crippen LogP contribution in [0.5, 0.6) is 0 Å². The predicted octanol–water partition coefficient (Wildman–Crippen LogP) is 1.87. The maximum atomic E-state index is 11.9. The third-order valence-corrected chi connectivity index (χ3v) is 11.6. The van der Waals surface area contributed by atoms with Gasteiger partial charge in [-0.05, 0) is 36.3 Å². The van der Waals surface area contributed by atoms with E-state index in [9.17, 15) is 24.2 Å². The van der Waals surface area contributed by atoms with Gasteiger partial charge in [0.25, 0.3) is 0 Å². The van der Waals surface area contributed by atoms with Crippen LogP contribution in [-0.4, -0.2) is 79.3 Å². The van der Waals surface area contributed by atoms with E-state index in [1.807, 2.05) is 0 Å². The number of nitrogens with zero attached hydrogens (tertiary/aromatic N) is 3. The summed E-state index contributed by atoms with van der Waals surface area (Å²) >= 11 is 7.58. The summed E-state index contributed by atoms with van der Waals surface area (Å²) in [6, 6.07) is 0. The molecule has 2 aromatic heterocycles. The first-order valence-electron chi connectivity index (χ1n) is 11.1. The van der Waals surface area contributed by atoms with Gasteiger partial charge in [0, 0.05) is 24.0 Å². The number of fused-ring (bicyclic) bond motifs is 2. The molecule has 5 N–H and O–H groups in total. The Hall–Kier alpha value is -0.690. The molecule has 3 unspecified atom stereocenters. The van der Waals surface area contributed by atoms with Gasteiger partial charge in [-0.25, -0.2) is 4.98 Å². The van der Waals surface area contributed by atoms with Gasteiger partial charge in [0.05, 0.1) is 23.4 Å². The van der Waals surface area contributed by atoms with E-state index in [4.69, 9.17) is 30.6 Å². The van der Waals surface area contributed by atoms with Crippen LogP contribution >= 0.6 is 38.1 Å². The number of aliphatic hydroxyl groups excluding tert-OH is 1. The normalized spacial score (nSPS) is 32.9. The molecule has 1 saturated carbocycles. The van der Waals surface area contributed by atoms with E-state index < -0.39 is 45.5 Å². The molecule has 6 atom stereocenters. The number of aliphatic hydroxyl groups is 2. The average Bonchev–Trinajstić information content (AvgIpc) is 3.49. The largest absolute Gasteiger partial charge is 0.387 e. The van der Waals surface area contributed by atoms with Gasteiger partial charge in [-0.1, -0.05) is 6.42 Å². The molecular weight excluding hydrogens is 544 g/mol. The van der Waals surface area contributed by atoms with E-state index in [1.165, 1.54) is 30.6 Å². The SMILES string of the molecule is O=P(O)(O)CP(=O)(O)OC[C@H]1OC[C@@](O)(c2csc3c(N4CC5CCCC5C4)nc(Cl)nc23)[C@@H]1O. The molecule has 0 spiro atoms. The van der Waals surface area contributed by atoms with Crippen LogP contribution in [0.15, 0.2) is 5.38 Å². The molecule has 2 saturated heterocycles. The second-order valence-corrected chi connectivity index (χ2v) is 14.7. The van der Waals surface area contributed by atoms with Gasteiger partial charge in [0.2, 0.25) is 5.28 Å². The van der Waals surface area contributed by atoms with Crippen molar-refractivity contribution in [3.8, 4) is 0 Å². The summed E-state index contributed by atoms with van der Waals surface area (Å²) in [5.74, 6) is 0.586. The van der Waals surface area contributed by atoms with Gasteiger partial charge >= 0.3 is 15.2 Å². The van der Waals surface area contributed by atoms with Crippen molar-refractivity contribution in [3.63, 3.8) is 0 Å². The average molecular weight is 570 g/mol. The molecule has 1 aliphatic carbocycles. The highest BCUT2D eigenvalue weighted by Crippen LogP contribution is 2.55. The summed E-state index contributed by atoms with van der Waals surface area (Å²) in [7, 11) is -9.45. The van der Waals surface area contributed by atoms with Crippen molar-refractivity contribution in [2.45, 2.75) is 37.1 Å². The first kappa shape index (κ1) is 25.9. The minimum atomic E-state index is -4.80.